The standard InChI is InChI=1S/C19H24N6O2/c1-12-10-16(25(2)3)24-19(21-12)23-15-7-5-14(6-8-15)22-18(27)13-4-9-17(26)20-11-13/h5-8,10,13H,4,9,11H2,1-3H3,(H,20,26)(H,22,27)(H,21,23,24)/t13-/m0/s1. The van der Waals surface area contributed by atoms with Gasteiger partial charge in [0.15, 0.2) is 0 Å². The Balaban J connectivity index is 1.62. The van der Waals surface area contributed by atoms with Gasteiger partial charge < -0.3 is 20.9 Å². The van der Waals surface area contributed by atoms with E-state index in [2.05, 4.69) is 25.9 Å². The third-order valence-electron chi connectivity index (χ3n) is 4.34. The van der Waals surface area contributed by atoms with Crippen LogP contribution in [0.5, 0.6) is 0 Å². The molecule has 8 nitrogen and oxygen atoms in total. The highest BCUT2D eigenvalue weighted by Gasteiger charge is 2.24. The van der Waals surface area contributed by atoms with Crippen molar-refractivity contribution in [2.45, 2.75) is 19.8 Å². The Labute approximate surface area is 158 Å². The molecule has 1 aromatic carbocycles. The van der Waals surface area contributed by atoms with Crippen LogP contribution in [0.3, 0.4) is 0 Å². The van der Waals surface area contributed by atoms with Crippen molar-refractivity contribution in [2.24, 2.45) is 5.92 Å². The molecule has 2 amide bonds. The molecule has 0 radical (unpaired) electrons. The SMILES string of the molecule is Cc1cc(N(C)C)nc(Nc2ccc(NC(=O)[C@H]3CCC(=O)NC3)cc2)n1. The molecule has 1 fully saturated rings. The third kappa shape index (κ3) is 4.93. The second-order valence-electron chi connectivity index (χ2n) is 6.82. The summed E-state index contributed by atoms with van der Waals surface area (Å²) in [5.74, 6) is 1.09. The Kier molecular flexibility index (Phi) is 5.54. The molecule has 0 unspecified atom stereocenters. The summed E-state index contributed by atoms with van der Waals surface area (Å²) in [6.45, 7) is 2.31. The molecule has 3 rings (SSSR count). The summed E-state index contributed by atoms with van der Waals surface area (Å²) < 4.78 is 0. The van der Waals surface area contributed by atoms with E-state index in [1.807, 2.05) is 56.3 Å². The largest absolute Gasteiger partial charge is 0.363 e. The minimum atomic E-state index is -0.189. The van der Waals surface area contributed by atoms with Crippen LogP contribution in [0.1, 0.15) is 18.5 Å². The molecule has 27 heavy (non-hydrogen) atoms. The van der Waals surface area contributed by atoms with Crippen molar-refractivity contribution in [3.05, 3.63) is 36.0 Å². The summed E-state index contributed by atoms with van der Waals surface area (Å²) in [6.07, 6.45) is 0.975. The minimum absolute atomic E-state index is 0.00488. The fourth-order valence-corrected chi connectivity index (χ4v) is 2.80. The van der Waals surface area contributed by atoms with Crippen molar-refractivity contribution in [1.82, 2.24) is 15.3 Å². The lowest BCUT2D eigenvalue weighted by atomic mass is 9.98. The van der Waals surface area contributed by atoms with Crippen LogP contribution in [-0.4, -0.2) is 42.4 Å². The number of amides is 2. The van der Waals surface area contributed by atoms with E-state index < -0.39 is 0 Å². The summed E-state index contributed by atoms with van der Waals surface area (Å²) in [4.78, 5) is 34.3. The van der Waals surface area contributed by atoms with Gasteiger partial charge in [-0.2, -0.15) is 4.98 Å². The van der Waals surface area contributed by atoms with Crippen molar-refractivity contribution >= 4 is 35.0 Å². The molecule has 2 heterocycles. The van der Waals surface area contributed by atoms with Gasteiger partial charge in [-0.15, -0.1) is 0 Å². The lowest BCUT2D eigenvalue weighted by Gasteiger charge is -2.21. The highest BCUT2D eigenvalue weighted by atomic mass is 16.2. The van der Waals surface area contributed by atoms with E-state index in [4.69, 9.17) is 0 Å². The molecule has 142 valence electrons. The predicted octanol–water partition coefficient (Wildman–Crippen LogP) is 2.06. The zero-order valence-corrected chi connectivity index (χ0v) is 15.7. The van der Waals surface area contributed by atoms with E-state index in [0.29, 0.717) is 31.0 Å². The summed E-state index contributed by atoms with van der Waals surface area (Å²) in [5.41, 5.74) is 2.41. The van der Waals surface area contributed by atoms with Gasteiger partial charge in [-0.1, -0.05) is 0 Å². The number of nitrogens with one attached hydrogen (secondary N) is 3. The first kappa shape index (κ1) is 18.6. The minimum Gasteiger partial charge on any atom is -0.363 e. The monoisotopic (exact) mass is 368 g/mol. The first-order chi connectivity index (χ1) is 12.9. The average Bonchev–Trinajstić information content (AvgIpc) is 2.63. The van der Waals surface area contributed by atoms with Crippen LogP contribution in [0.25, 0.3) is 0 Å². The fourth-order valence-electron chi connectivity index (χ4n) is 2.80. The molecule has 2 aromatic rings. The summed E-state index contributed by atoms with van der Waals surface area (Å²) in [5, 5.41) is 8.80. The highest BCUT2D eigenvalue weighted by molar-refractivity contribution is 5.94. The zero-order valence-electron chi connectivity index (χ0n) is 15.7. The maximum atomic E-state index is 12.3. The van der Waals surface area contributed by atoms with Crippen molar-refractivity contribution < 1.29 is 9.59 Å². The fraction of sp³-hybridized carbons (Fsp3) is 0.368. The van der Waals surface area contributed by atoms with Gasteiger partial charge in [-0.25, -0.2) is 4.98 Å². The number of carbonyl (C=O) groups excluding carboxylic acids is 2. The molecule has 0 spiro atoms. The molecule has 1 atom stereocenters. The van der Waals surface area contributed by atoms with Crippen molar-refractivity contribution in [3.8, 4) is 0 Å². The number of anilines is 4. The van der Waals surface area contributed by atoms with E-state index in [0.717, 1.165) is 17.2 Å². The lowest BCUT2D eigenvalue weighted by molar-refractivity contribution is -0.126. The number of aryl methyl sites for hydroxylation is 1. The van der Waals surface area contributed by atoms with Crippen LogP contribution in [0.4, 0.5) is 23.1 Å². The van der Waals surface area contributed by atoms with Gasteiger partial charge in [0.05, 0.1) is 5.92 Å². The molecule has 1 saturated heterocycles. The Morgan fingerprint density at radius 3 is 2.52 bits per heavy atom. The maximum Gasteiger partial charge on any atom is 0.229 e. The quantitative estimate of drug-likeness (QED) is 0.747. The van der Waals surface area contributed by atoms with Gasteiger partial charge in [0, 0.05) is 50.2 Å². The topological polar surface area (TPSA) is 99.3 Å². The normalized spacial score (nSPS) is 16.4. The van der Waals surface area contributed by atoms with E-state index in [1.54, 1.807) is 0 Å². The molecule has 8 heteroatoms. The average molecular weight is 368 g/mol. The number of hydrogen-bond acceptors (Lipinski definition) is 6. The smallest absolute Gasteiger partial charge is 0.229 e. The molecule has 3 N–H and O–H groups in total. The first-order valence-corrected chi connectivity index (χ1v) is 8.88. The zero-order chi connectivity index (χ0) is 19.4. The Hall–Kier alpha value is -3.16. The van der Waals surface area contributed by atoms with E-state index in [9.17, 15) is 9.59 Å². The first-order valence-electron chi connectivity index (χ1n) is 8.88. The molecular weight excluding hydrogens is 344 g/mol. The molecule has 0 saturated carbocycles. The van der Waals surface area contributed by atoms with Crippen molar-refractivity contribution in [2.75, 3.05) is 36.2 Å². The molecule has 1 aromatic heterocycles. The molecule has 0 aliphatic carbocycles. The van der Waals surface area contributed by atoms with E-state index in [1.165, 1.54) is 0 Å². The third-order valence-corrected chi connectivity index (χ3v) is 4.34. The number of carbonyl (C=O) groups is 2. The van der Waals surface area contributed by atoms with Crippen LogP contribution in [0.2, 0.25) is 0 Å². The summed E-state index contributed by atoms with van der Waals surface area (Å²) >= 11 is 0. The van der Waals surface area contributed by atoms with Gasteiger partial charge >= 0.3 is 0 Å². The van der Waals surface area contributed by atoms with Gasteiger partial charge in [0.1, 0.15) is 5.82 Å². The van der Waals surface area contributed by atoms with Crippen LogP contribution in [0.15, 0.2) is 30.3 Å². The molecule has 0 bridgehead atoms. The molecule has 1 aliphatic rings. The van der Waals surface area contributed by atoms with E-state index >= 15 is 0 Å². The van der Waals surface area contributed by atoms with Gasteiger partial charge in [-0.05, 0) is 37.6 Å². The predicted molar refractivity (Wildman–Crippen MR) is 105 cm³/mol. The number of piperidine rings is 1. The van der Waals surface area contributed by atoms with Crippen LogP contribution in [-0.2, 0) is 9.59 Å². The molecule has 1 aliphatic heterocycles. The maximum absolute atomic E-state index is 12.3. The highest BCUT2D eigenvalue weighted by Crippen LogP contribution is 2.20. The summed E-state index contributed by atoms with van der Waals surface area (Å²) in [6, 6.07) is 9.28. The number of hydrogen-bond donors (Lipinski definition) is 3. The lowest BCUT2D eigenvalue weighted by Crippen LogP contribution is -2.40. The number of nitrogens with zero attached hydrogens (tertiary/aromatic N) is 3. The van der Waals surface area contributed by atoms with Crippen LogP contribution < -0.4 is 20.9 Å². The Morgan fingerprint density at radius 2 is 1.89 bits per heavy atom. The molecular formula is C19H24N6O2. The number of benzene rings is 1. The Bertz CT molecular complexity index is 825. The van der Waals surface area contributed by atoms with Gasteiger partial charge in [0.2, 0.25) is 17.8 Å². The van der Waals surface area contributed by atoms with Gasteiger partial charge in [-0.3, -0.25) is 9.59 Å². The van der Waals surface area contributed by atoms with Crippen LogP contribution in [0, 0.1) is 12.8 Å². The summed E-state index contributed by atoms with van der Waals surface area (Å²) in [7, 11) is 3.86. The van der Waals surface area contributed by atoms with Crippen molar-refractivity contribution in [3.63, 3.8) is 0 Å². The second-order valence-corrected chi connectivity index (χ2v) is 6.82. The Morgan fingerprint density at radius 1 is 1.19 bits per heavy atom. The van der Waals surface area contributed by atoms with Gasteiger partial charge in [0.25, 0.3) is 0 Å². The second kappa shape index (κ2) is 8.03. The van der Waals surface area contributed by atoms with E-state index in [-0.39, 0.29) is 17.7 Å². The van der Waals surface area contributed by atoms with Crippen molar-refractivity contribution in [1.29, 1.82) is 0 Å². The number of aromatic nitrogens is 2. The van der Waals surface area contributed by atoms with Crippen LogP contribution >= 0.6 is 0 Å². The number of rotatable bonds is 5.